The van der Waals surface area contributed by atoms with Crippen LogP contribution in [0.5, 0.6) is 5.75 Å². The molecule has 0 atom stereocenters. The number of rotatable bonds is 3. The lowest BCUT2D eigenvalue weighted by Crippen LogP contribution is -2.27. The van der Waals surface area contributed by atoms with Crippen molar-refractivity contribution in [2.24, 2.45) is 0 Å². The summed E-state index contributed by atoms with van der Waals surface area (Å²) in [5.41, 5.74) is 6.21. The van der Waals surface area contributed by atoms with E-state index < -0.39 is 17.5 Å². The number of hydrogen-bond acceptors (Lipinski definition) is 3. The van der Waals surface area contributed by atoms with Crippen molar-refractivity contribution in [2.45, 2.75) is 6.54 Å². The third-order valence-electron chi connectivity index (χ3n) is 3.04. The summed E-state index contributed by atoms with van der Waals surface area (Å²) in [5, 5.41) is 9.40. The van der Waals surface area contributed by atoms with Gasteiger partial charge in [-0.05, 0) is 24.3 Å². The van der Waals surface area contributed by atoms with Crippen molar-refractivity contribution < 1.29 is 18.7 Å². The zero-order chi connectivity index (χ0) is 15.6. The fourth-order valence-electron chi connectivity index (χ4n) is 1.91. The van der Waals surface area contributed by atoms with Crippen LogP contribution in [0.4, 0.5) is 14.5 Å². The second-order valence-electron chi connectivity index (χ2n) is 4.67. The van der Waals surface area contributed by atoms with Crippen LogP contribution >= 0.6 is 0 Å². The molecule has 0 fully saturated rings. The fraction of sp³-hybridized carbons (Fsp3) is 0.133. The van der Waals surface area contributed by atoms with Crippen LogP contribution in [0.25, 0.3) is 0 Å². The molecule has 0 unspecified atom stereocenters. The van der Waals surface area contributed by atoms with E-state index in [4.69, 9.17) is 5.73 Å². The molecule has 0 spiro atoms. The van der Waals surface area contributed by atoms with Gasteiger partial charge in [-0.1, -0.05) is 6.07 Å². The number of nitrogen functional groups attached to an aromatic ring is 1. The summed E-state index contributed by atoms with van der Waals surface area (Å²) in [4.78, 5) is 13.5. The molecule has 2 aromatic rings. The summed E-state index contributed by atoms with van der Waals surface area (Å²) in [6.45, 7) is -0.0416. The van der Waals surface area contributed by atoms with Gasteiger partial charge in [0.15, 0.2) is 0 Å². The Morgan fingerprint density at radius 3 is 2.62 bits per heavy atom. The maximum Gasteiger partial charge on any atom is 0.256 e. The molecule has 3 N–H and O–H groups in total. The maximum atomic E-state index is 13.6. The lowest BCUT2D eigenvalue weighted by atomic mass is 10.1. The van der Waals surface area contributed by atoms with Crippen molar-refractivity contribution in [3.63, 3.8) is 0 Å². The van der Waals surface area contributed by atoms with E-state index in [2.05, 4.69) is 0 Å². The number of amides is 1. The van der Waals surface area contributed by atoms with Gasteiger partial charge in [0.25, 0.3) is 5.91 Å². The summed E-state index contributed by atoms with van der Waals surface area (Å²) in [6.07, 6.45) is 0. The highest BCUT2D eigenvalue weighted by Gasteiger charge is 2.17. The average Bonchev–Trinajstić information content (AvgIpc) is 2.43. The molecule has 1 amide bonds. The van der Waals surface area contributed by atoms with E-state index in [1.165, 1.54) is 36.2 Å². The van der Waals surface area contributed by atoms with Gasteiger partial charge in [0.05, 0.1) is 5.56 Å². The lowest BCUT2D eigenvalue weighted by Gasteiger charge is -2.18. The van der Waals surface area contributed by atoms with Gasteiger partial charge in [0.2, 0.25) is 0 Å². The molecule has 0 saturated carbocycles. The van der Waals surface area contributed by atoms with E-state index >= 15 is 0 Å². The smallest absolute Gasteiger partial charge is 0.256 e. The number of phenols is 1. The van der Waals surface area contributed by atoms with E-state index in [1.54, 1.807) is 0 Å². The molecule has 0 aromatic heterocycles. The Kier molecular flexibility index (Phi) is 4.07. The standard InChI is InChI=1S/C15H14F2N2O2/c1-19(8-9-2-3-10(16)6-13(9)17)15(21)12-7-11(20)4-5-14(12)18/h2-7,20H,8,18H2,1H3. The number of carbonyl (C=O) groups excluding carboxylic acids is 1. The van der Waals surface area contributed by atoms with Crippen LogP contribution in [0, 0.1) is 11.6 Å². The van der Waals surface area contributed by atoms with Crippen molar-refractivity contribution in [3.05, 3.63) is 59.2 Å². The summed E-state index contributed by atoms with van der Waals surface area (Å²) in [6, 6.07) is 7.19. The Hall–Kier alpha value is -2.63. The van der Waals surface area contributed by atoms with Crippen molar-refractivity contribution in [3.8, 4) is 5.75 Å². The summed E-state index contributed by atoms with van der Waals surface area (Å²) in [7, 11) is 1.47. The maximum absolute atomic E-state index is 13.6. The average molecular weight is 292 g/mol. The van der Waals surface area contributed by atoms with E-state index in [-0.39, 0.29) is 29.1 Å². The third kappa shape index (κ3) is 3.28. The van der Waals surface area contributed by atoms with E-state index in [0.29, 0.717) is 0 Å². The molecule has 21 heavy (non-hydrogen) atoms. The number of phenolic OH excluding ortho intramolecular Hbond substituents is 1. The summed E-state index contributed by atoms with van der Waals surface area (Å²) < 4.78 is 26.4. The quantitative estimate of drug-likeness (QED) is 0.675. The SMILES string of the molecule is CN(Cc1ccc(F)cc1F)C(=O)c1cc(O)ccc1N. The number of anilines is 1. The fourth-order valence-corrected chi connectivity index (χ4v) is 1.91. The van der Waals surface area contributed by atoms with Crippen LogP contribution in [0.15, 0.2) is 36.4 Å². The molecule has 0 bridgehead atoms. The predicted octanol–water partition coefficient (Wildman–Crippen LogP) is 2.52. The molecular weight excluding hydrogens is 278 g/mol. The van der Waals surface area contributed by atoms with Crippen LogP contribution in [-0.2, 0) is 6.54 Å². The molecule has 110 valence electrons. The minimum atomic E-state index is -0.724. The van der Waals surface area contributed by atoms with Crippen LogP contribution in [0.3, 0.4) is 0 Å². The Bertz CT molecular complexity index is 689. The molecule has 0 aliphatic heterocycles. The van der Waals surface area contributed by atoms with E-state index in [0.717, 1.165) is 12.1 Å². The number of benzene rings is 2. The van der Waals surface area contributed by atoms with E-state index in [1.807, 2.05) is 0 Å². The second-order valence-corrected chi connectivity index (χ2v) is 4.67. The first kappa shape index (κ1) is 14.8. The monoisotopic (exact) mass is 292 g/mol. The van der Waals surface area contributed by atoms with Crippen molar-refractivity contribution in [1.29, 1.82) is 0 Å². The van der Waals surface area contributed by atoms with Gasteiger partial charge in [-0.3, -0.25) is 4.79 Å². The minimum Gasteiger partial charge on any atom is -0.508 e. The molecule has 2 aromatic carbocycles. The first-order valence-corrected chi connectivity index (χ1v) is 6.16. The second kappa shape index (κ2) is 5.78. The predicted molar refractivity (Wildman–Crippen MR) is 74.7 cm³/mol. The molecule has 4 nitrogen and oxygen atoms in total. The highest BCUT2D eigenvalue weighted by atomic mass is 19.1. The number of hydrogen-bond donors (Lipinski definition) is 2. The van der Waals surface area contributed by atoms with Gasteiger partial charge in [-0.15, -0.1) is 0 Å². The zero-order valence-corrected chi connectivity index (χ0v) is 11.3. The van der Waals surface area contributed by atoms with Gasteiger partial charge in [-0.25, -0.2) is 8.78 Å². The first-order valence-electron chi connectivity index (χ1n) is 6.16. The van der Waals surface area contributed by atoms with Gasteiger partial charge in [0.1, 0.15) is 17.4 Å². The minimum absolute atomic E-state index is 0.0416. The van der Waals surface area contributed by atoms with Gasteiger partial charge >= 0.3 is 0 Å². The number of nitrogens with two attached hydrogens (primary N) is 1. The normalized spacial score (nSPS) is 10.4. The molecule has 6 heteroatoms. The highest BCUT2D eigenvalue weighted by Crippen LogP contribution is 2.21. The summed E-state index contributed by atoms with van der Waals surface area (Å²) >= 11 is 0. The zero-order valence-electron chi connectivity index (χ0n) is 11.3. The molecule has 0 aliphatic rings. The largest absolute Gasteiger partial charge is 0.508 e. The summed E-state index contributed by atoms with van der Waals surface area (Å²) in [5.74, 6) is -1.96. The topological polar surface area (TPSA) is 66.6 Å². The van der Waals surface area contributed by atoms with Crippen LogP contribution in [0.2, 0.25) is 0 Å². The molecule has 0 heterocycles. The van der Waals surface area contributed by atoms with Gasteiger partial charge in [0, 0.05) is 30.9 Å². The van der Waals surface area contributed by atoms with E-state index in [9.17, 15) is 18.7 Å². The van der Waals surface area contributed by atoms with Crippen LogP contribution in [-0.4, -0.2) is 23.0 Å². The number of carbonyl (C=O) groups is 1. The molecule has 2 rings (SSSR count). The van der Waals surface area contributed by atoms with Gasteiger partial charge in [-0.2, -0.15) is 0 Å². The van der Waals surface area contributed by atoms with Crippen molar-refractivity contribution in [1.82, 2.24) is 4.90 Å². The van der Waals surface area contributed by atoms with Crippen LogP contribution in [0.1, 0.15) is 15.9 Å². The van der Waals surface area contributed by atoms with Crippen LogP contribution < -0.4 is 5.73 Å². The van der Waals surface area contributed by atoms with Crippen molar-refractivity contribution >= 4 is 11.6 Å². The molecule has 0 saturated heterocycles. The lowest BCUT2D eigenvalue weighted by molar-refractivity contribution is 0.0784. The number of halogens is 2. The molecule has 0 aliphatic carbocycles. The molecular formula is C15H14F2N2O2. The van der Waals surface area contributed by atoms with Gasteiger partial charge < -0.3 is 15.7 Å². The Balaban J connectivity index is 2.21. The Morgan fingerprint density at radius 1 is 1.24 bits per heavy atom. The highest BCUT2D eigenvalue weighted by molar-refractivity contribution is 5.99. The first-order chi connectivity index (χ1) is 9.88. The number of nitrogens with zero attached hydrogens (tertiary/aromatic N) is 1. The third-order valence-corrected chi connectivity index (χ3v) is 3.04. The Labute approximate surface area is 120 Å². The van der Waals surface area contributed by atoms with Crippen molar-refractivity contribution in [2.75, 3.05) is 12.8 Å². The Morgan fingerprint density at radius 2 is 1.95 bits per heavy atom. The molecule has 0 radical (unpaired) electrons. The number of aromatic hydroxyl groups is 1.